The van der Waals surface area contributed by atoms with Crippen molar-refractivity contribution in [2.75, 3.05) is 13.1 Å². The van der Waals surface area contributed by atoms with Gasteiger partial charge in [0.2, 0.25) is 0 Å². The van der Waals surface area contributed by atoms with Gasteiger partial charge in [0.1, 0.15) is 5.69 Å². The molecule has 0 aliphatic carbocycles. The lowest BCUT2D eigenvalue weighted by atomic mass is 10.0. The maximum Gasteiger partial charge on any atom is 0.416 e. The average Bonchev–Trinajstić information content (AvgIpc) is 2.76. The quantitative estimate of drug-likeness (QED) is 0.602. The third-order valence-electron chi connectivity index (χ3n) is 4.26. The van der Waals surface area contributed by atoms with Crippen molar-refractivity contribution in [1.29, 1.82) is 0 Å². The molecule has 0 atom stereocenters. The second kappa shape index (κ2) is 9.21. The molecule has 0 aliphatic rings. The molecule has 0 unspecified atom stereocenters. The molecule has 1 heterocycles. The second-order valence-corrected chi connectivity index (χ2v) is 6.38. The maximum atomic E-state index is 12.9. The summed E-state index contributed by atoms with van der Waals surface area (Å²) in [5, 5.41) is 5.32. The van der Waals surface area contributed by atoms with E-state index in [0.29, 0.717) is 16.7 Å². The van der Waals surface area contributed by atoms with Crippen LogP contribution in [0.4, 0.5) is 13.2 Å². The number of amides is 2. The van der Waals surface area contributed by atoms with Gasteiger partial charge in [0, 0.05) is 24.8 Å². The van der Waals surface area contributed by atoms with Crippen LogP contribution in [0.2, 0.25) is 0 Å². The number of hydrogen-bond donors (Lipinski definition) is 2. The van der Waals surface area contributed by atoms with Crippen molar-refractivity contribution in [3.8, 4) is 11.1 Å². The van der Waals surface area contributed by atoms with Crippen LogP contribution in [0.5, 0.6) is 0 Å². The van der Waals surface area contributed by atoms with Gasteiger partial charge in [-0.2, -0.15) is 13.2 Å². The lowest BCUT2D eigenvalue weighted by Crippen LogP contribution is -2.34. The van der Waals surface area contributed by atoms with Crippen molar-refractivity contribution >= 4 is 11.8 Å². The van der Waals surface area contributed by atoms with E-state index in [1.165, 1.54) is 24.4 Å². The highest BCUT2D eigenvalue weighted by Crippen LogP contribution is 2.32. The normalized spacial score (nSPS) is 11.0. The van der Waals surface area contributed by atoms with Gasteiger partial charge in [-0.15, -0.1) is 0 Å². The van der Waals surface area contributed by atoms with Crippen molar-refractivity contribution < 1.29 is 22.8 Å². The van der Waals surface area contributed by atoms with Gasteiger partial charge in [-0.3, -0.25) is 14.6 Å². The number of nitrogens with zero attached hydrogens (tertiary/aromatic N) is 1. The number of rotatable bonds is 6. The van der Waals surface area contributed by atoms with E-state index in [-0.39, 0.29) is 30.6 Å². The van der Waals surface area contributed by atoms with Crippen LogP contribution in [0.1, 0.15) is 26.4 Å². The average molecular weight is 413 g/mol. The van der Waals surface area contributed by atoms with Gasteiger partial charge in [-0.05, 0) is 47.5 Å². The van der Waals surface area contributed by atoms with Gasteiger partial charge >= 0.3 is 6.18 Å². The molecule has 1 aromatic heterocycles. The number of pyridine rings is 1. The summed E-state index contributed by atoms with van der Waals surface area (Å²) in [6.07, 6.45) is -2.90. The number of carbonyl (C=O) groups is 2. The summed E-state index contributed by atoms with van der Waals surface area (Å²) in [6.45, 7) is 0.441. The Bertz CT molecular complexity index is 1020. The van der Waals surface area contributed by atoms with Crippen molar-refractivity contribution in [3.05, 3.63) is 89.7 Å². The first-order valence-corrected chi connectivity index (χ1v) is 9.10. The van der Waals surface area contributed by atoms with Crippen LogP contribution < -0.4 is 10.6 Å². The van der Waals surface area contributed by atoms with E-state index >= 15 is 0 Å². The van der Waals surface area contributed by atoms with Crippen LogP contribution in [0, 0.1) is 0 Å². The highest BCUT2D eigenvalue weighted by Gasteiger charge is 2.30. The first kappa shape index (κ1) is 21.0. The Kier molecular flexibility index (Phi) is 6.46. The van der Waals surface area contributed by atoms with Crippen LogP contribution in [-0.4, -0.2) is 29.9 Å². The molecule has 5 nitrogen and oxygen atoms in total. The fourth-order valence-electron chi connectivity index (χ4n) is 2.73. The summed E-state index contributed by atoms with van der Waals surface area (Å²) in [6, 6.07) is 16.3. The zero-order valence-electron chi connectivity index (χ0n) is 15.7. The van der Waals surface area contributed by atoms with Crippen LogP contribution >= 0.6 is 0 Å². The molecule has 154 valence electrons. The van der Waals surface area contributed by atoms with Gasteiger partial charge in [-0.1, -0.05) is 30.3 Å². The van der Waals surface area contributed by atoms with Crippen LogP contribution in [-0.2, 0) is 6.18 Å². The monoisotopic (exact) mass is 413 g/mol. The number of benzene rings is 2. The maximum absolute atomic E-state index is 12.9. The zero-order chi connectivity index (χ0) is 21.6. The Morgan fingerprint density at radius 1 is 0.800 bits per heavy atom. The fraction of sp³-hybridized carbons (Fsp3) is 0.136. The molecule has 3 aromatic rings. The molecule has 0 saturated heterocycles. The summed E-state index contributed by atoms with van der Waals surface area (Å²) < 4.78 is 38.6. The number of nitrogens with one attached hydrogen (secondary N) is 2. The Morgan fingerprint density at radius 3 is 2.13 bits per heavy atom. The SMILES string of the molecule is O=C(NCCNC(=O)c1ccccn1)c1ccc(-c2cccc(C(F)(F)F)c2)cc1. The standard InChI is InChI=1S/C22H18F3N3O2/c23-22(24,25)18-5-3-4-17(14-18)15-7-9-16(10-8-15)20(29)27-12-13-28-21(30)19-6-1-2-11-26-19/h1-11,14H,12-13H2,(H,27,29)(H,28,30). The van der Waals surface area contributed by atoms with E-state index in [9.17, 15) is 22.8 Å². The van der Waals surface area contributed by atoms with Gasteiger partial charge in [0.05, 0.1) is 5.56 Å². The predicted octanol–water partition coefficient (Wildman–Crippen LogP) is 3.93. The van der Waals surface area contributed by atoms with Gasteiger partial charge in [0.25, 0.3) is 11.8 Å². The molecule has 0 saturated carbocycles. The van der Waals surface area contributed by atoms with Gasteiger partial charge in [-0.25, -0.2) is 0 Å². The minimum absolute atomic E-state index is 0.215. The van der Waals surface area contributed by atoms with Crippen LogP contribution in [0.25, 0.3) is 11.1 Å². The summed E-state index contributed by atoms with van der Waals surface area (Å²) in [5.74, 6) is -0.687. The largest absolute Gasteiger partial charge is 0.416 e. The lowest BCUT2D eigenvalue weighted by Gasteiger charge is -2.10. The van der Waals surface area contributed by atoms with Crippen LogP contribution in [0.15, 0.2) is 72.9 Å². The molecule has 0 aliphatic heterocycles. The molecule has 30 heavy (non-hydrogen) atoms. The van der Waals surface area contributed by atoms with Crippen molar-refractivity contribution in [2.45, 2.75) is 6.18 Å². The highest BCUT2D eigenvalue weighted by molar-refractivity contribution is 5.95. The zero-order valence-corrected chi connectivity index (χ0v) is 15.7. The van der Waals surface area contributed by atoms with E-state index in [1.807, 2.05) is 0 Å². The Hall–Kier alpha value is -3.68. The van der Waals surface area contributed by atoms with Gasteiger partial charge < -0.3 is 10.6 Å². The molecule has 0 fully saturated rings. The molecule has 0 spiro atoms. The fourth-order valence-corrected chi connectivity index (χ4v) is 2.73. The van der Waals surface area contributed by atoms with E-state index in [1.54, 1.807) is 36.4 Å². The molecule has 3 rings (SSSR count). The van der Waals surface area contributed by atoms with Crippen molar-refractivity contribution in [2.24, 2.45) is 0 Å². The minimum atomic E-state index is -4.41. The highest BCUT2D eigenvalue weighted by atomic mass is 19.4. The third-order valence-corrected chi connectivity index (χ3v) is 4.26. The topological polar surface area (TPSA) is 71.1 Å². The smallest absolute Gasteiger partial charge is 0.350 e. The molecule has 8 heteroatoms. The van der Waals surface area contributed by atoms with E-state index in [4.69, 9.17) is 0 Å². The summed E-state index contributed by atoms with van der Waals surface area (Å²) >= 11 is 0. The van der Waals surface area contributed by atoms with E-state index in [0.717, 1.165) is 12.1 Å². The number of carbonyl (C=O) groups excluding carboxylic acids is 2. The molecular weight excluding hydrogens is 395 g/mol. The Balaban J connectivity index is 1.53. The number of alkyl halides is 3. The summed E-state index contributed by atoms with van der Waals surface area (Å²) in [5.41, 5.74) is 0.902. The number of aromatic nitrogens is 1. The molecule has 2 aromatic carbocycles. The lowest BCUT2D eigenvalue weighted by molar-refractivity contribution is -0.137. The Morgan fingerprint density at radius 2 is 1.50 bits per heavy atom. The molecule has 0 bridgehead atoms. The molecular formula is C22H18F3N3O2. The van der Waals surface area contributed by atoms with E-state index in [2.05, 4.69) is 15.6 Å². The summed E-state index contributed by atoms with van der Waals surface area (Å²) in [7, 11) is 0. The molecule has 0 radical (unpaired) electrons. The first-order valence-electron chi connectivity index (χ1n) is 9.10. The number of halogens is 3. The van der Waals surface area contributed by atoms with Crippen molar-refractivity contribution in [1.82, 2.24) is 15.6 Å². The van der Waals surface area contributed by atoms with Crippen LogP contribution in [0.3, 0.4) is 0 Å². The number of hydrogen-bond acceptors (Lipinski definition) is 3. The molecule has 2 N–H and O–H groups in total. The summed E-state index contributed by atoms with van der Waals surface area (Å²) in [4.78, 5) is 28.0. The minimum Gasteiger partial charge on any atom is -0.350 e. The first-order chi connectivity index (χ1) is 14.3. The molecule has 2 amide bonds. The second-order valence-electron chi connectivity index (χ2n) is 6.38. The van der Waals surface area contributed by atoms with E-state index < -0.39 is 11.7 Å². The van der Waals surface area contributed by atoms with Gasteiger partial charge in [0.15, 0.2) is 0 Å². The van der Waals surface area contributed by atoms with Crippen molar-refractivity contribution in [3.63, 3.8) is 0 Å². The Labute approximate surface area is 171 Å². The third kappa shape index (κ3) is 5.44. The predicted molar refractivity (Wildman–Crippen MR) is 106 cm³/mol.